The van der Waals surface area contributed by atoms with Gasteiger partial charge in [-0.25, -0.2) is 9.78 Å². The zero-order valence-electron chi connectivity index (χ0n) is 10.6. The molecule has 1 aliphatic heterocycles. The Morgan fingerprint density at radius 3 is 2.81 bits per heavy atom. The molecule has 0 spiro atoms. The number of aromatic nitrogens is 1. The largest absolute Gasteiger partial charge is 0.479 e. The zero-order chi connectivity index (χ0) is 15.6. The summed E-state index contributed by atoms with van der Waals surface area (Å²) >= 11 is 0. The number of carboxylic acids is 1. The molecule has 112 valence electrons. The number of hydrogen-bond acceptors (Lipinski definition) is 5. The van der Waals surface area contributed by atoms with Crippen molar-refractivity contribution in [1.82, 2.24) is 4.98 Å². The molecule has 2 heterocycles. The van der Waals surface area contributed by atoms with Crippen molar-refractivity contribution in [2.24, 2.45) is 0 Å². The quantitative estimate of drug-likeness (QED) is 0.885. The number of aliphatic carboxylic acids is 1. The molecule has 0 bridgehead atoms. The minimum absolute atomic E-state index is 0.0275. The van der Waals surface area contributed by atoms with E-state index in [1.807, 2.05) is 0 Å². The highest BCUT2D eigenvalue weighted by Crippen LogP contribution is 2.30. The number of alkyl halides is 3. The predicted molar refractivity (Wildman–Crippen MR) is 63.5 cm³/mol. The molecule has 1 fully saturated rings. The average molecular weight is 301 g/mol. The van der Waals surface area contributed by atoms with Gasteiger partial charge in [-0.05, 0) is 12.1 Å². The van der Waals surface area contributed by atoms with E-state index in [0.29, 0.717) is 0 Å². The maximum atomic E-state index is 12.7. The second kappa shape index (κ2) is 5.57. The molecule has 1 aromatic heterocycles. The van der Waals surface area contributed by atoms with Gasteiger partial charge in [0.1, 0.15) is 17.6 Å². The smallest absolute Gasteiger partial charge is 0.433 e. The Bertz CT molecular complexity index is 598. The first kappa shape index (κ1) is 15.1. The molecule has 1 atom stereocenters. The number of nitriles is 1. The molecular formula is C12H10F3N3O3. The van der Waals surface area contributed by atoms with Crippen molar-refractivity contribution in [2.45, 2.75) is 12.3 Å². The first-order chi connectivity index (χ1) is 9.82. The van der Waals surface area contributed by atoms with E-state index in [9.17, 15) is 18.0 Å². The van der Waals surface area contributed by atoms with Crippen molar-refractivity contribution in [2.75, 3.05) is 24.6 Å². The van der Waals surface area contributed by atoms with Gasteiger partial charge in [0.15, 0.2) is 6.10 Å². The highest BCUT2D eigenvalue weighted by molar-refractivity contribution is 5.73. The first-order valence-electron chi connectivity index (χ1n) is 5.90. The van der Waals surface area contributed by atoms with E-state index in [1.54, 1.807) is 6.07 Å². The lowest BCUT2D eigenvalue weighted by atomic mass is 10.2. The Morgan fingerprint density at radius 1 is 1.52 bits per heavy atom. The Hall–Kier alpha value is -2.34. The Balaban J connectivity index is 2.37. The minimum atomic E-state index is -4.64. The number of ether oxygens (including phenoxy) is 1. The lowest BCUT2D eigenvalue weighted by molar-refractivity contribution is -0.151. The van der Waals surface area contributed by atoms with E-state index in [1.165, 1.54) is 4.90 Å². The van der Waals surface area contributed by atoms with Gasteiger partial charge in [-0.3, -0.25) is 0 Å². The van der Waals surface area contributed by atoms with Gasteiger partial charge in [0.25, 0.3) is 0 Å². The predicted octanol–water partition coefficient (Wildman–Crippen LogP) is 1.26. The number of morpholine rings is 1. The molecule has 6 nitrogen and oxygen atoms in total. The molecule has 1 N–H and O–H groups in total. The van der Waals surface area contributed by atoms with Crippen LogP contribution < -0.4 is 4.90 Å². The molecule has 0 radical (unpaired) electrons. The van der Waals surface area contributed by atoms with Crippen LogP contribution in [0.4, 0.5) is 19.0 Å². The van der Waals surface area contributed by atoms with Crippen LogP contribution in [0.2, 0.25) is 0 Å². The Labute approximate surface area is 117 Å². The van der Waals surface area contributed by atoms with Crippen LogP contribution in [-0.2, 0) is 15.7 Å². The van der Waals surface area contributed by atoms with E-state index in [0.717, 1.165) is 12.1 Å². The maximum Gasteiger partial charge on any atom is 0.433 e. The molecule has 9 heteroatoms. The number of rotatable bonds is 2. The number of halogens is 3. The second-order valence-corrected chi connectivity index (χ2v) is 4.32. The van der Waals surface area contributed by atoms with Crippen LogP contribution in [0.3, 0.4) is 0 Å². The molecule has 2 rings (SSSR count). The van der Waals surface area contributed by atoms with Crippen LogP contribution in [-0.4, -0.2) is 41.9 Å². The molecular weight excluding hydrogens is 291 g/mol. The highest BCUT2D eigenvalue weighted by Gasteiger charge is 2.35. The standard InChI is InChI=1S/C12H10F3N3O3/c13-12(14,15)9-2-1-7(5-16)10(17-9)18-3-4-21-8(6-18)11(19)20/h1-2,8H,3-4,6H2,(H,19,20). The van der Waals surface area contributed by atoms with E-state index < -0.39 is 23.9 Å². The summed E-state index contributed by atoms with van der Waals surface area (Å²) in [5.74, 6) is -1.40. The van der Waals surface area contributed by atoms with Crippen LogP contribution in [0.15, 0.2) is 12.1 Å². The molecule has 0 amide bonds. The van der Waals surface area contributed by atoms with Gasteiger partial charge in [0.2, 0.25) is 0 Å². The van der Waals surface area contributed by atoms with Gasteiger partial charge in [0.05, 0.1) is 18.7 Å². The van der Waals surface area contributed by atoms with E-state index >= 15 is 0 Å². The fraction of sp³-hybridized carbons (Fsp3) is 0.417. The van der Waals surface area contributed by atoms with Crippen molar-refractivity contribution >= 4 is 11.8 Å². The van der Waals surface area contributed by atoms with Crippen molar-refractivity contribution in [3.8, 4) is 6.07 Å². The van der Waals surface area contributed by atoms with Gasteiger partial charge in [-0.2, -0.15) is 18.4 Å². The lowest BCUT2D eigenvalue weighted by Gasteiger charge is -2.32. The summed E-state index contributed by atoms with van der Waals surface area (Å²) < 4.78 is 43.1. The molecule has 0 aromatic carbocycles. The highest BCUT2D eigenvalue weighted by atomic mass is 19.4. The first-order valence-corrected chi connectivity index (χ1v) is 5.90. The van der Waals surface area contributed by atoms with E-state index in [4.69, 9.17) is 15.1 Å². The molecule has 1 saturated heterocycles. The Kier molecular flexibility index (Phi) is 3.99. The monoisotopic (exact) mass is 301 g/mol. The molecule has 0 aliphatic carbocycles. The van der Waals surface area contributed by atoms with Gasteiger partial charge in [-0.1, -0.05) is 0 Å². The van der Waals surface area contributed by atoms with Gasteiger partial charge < -0.3 is 14.7 Å². The van der Waals surface area contributed by atoms with Gasteiger partial charge in [-0.15, -0.1) is 0 Å². The maximum absolute atomic E-state index is 12.7. The minimum Gasteiger partial charge on any atom is -0.479 e. The van der Waals surface area contributed by atoms with Crippen LogP contribution in [0, 0.1) is 11.3 Å². The fourth-order valence-corrected chi connectivity index (χ4v) is 1.93. The third kappa shape index (κ3) is 3.22. The summed E-state index contributed by atoms with van der Waals surface area (Å²) in [7, 11) is 0. The van der Waals surface area contributed by atoms with Crippen LogP contribution in [0.5, 0.6) is 0 Å². The number of anilines is 1. The lowest BCUT2D eigenvalue weighted by Crippen LogP contribution is -2.46. The number of hydrogen-bond donors (Lipinski definition) is 1. The molecule has 1 aliphatic rings. The third-order valence-corrected chi connectivity index (χ3v) is 2.93. The van der Waals surface area contributed by atoms with Gasteiger partial charge in [0, 0.05) is 6.54 Å². The summed E-state index contributed by atoms with van der Waals surface area (Å²) in [4.78, 5) is 15.7. The van der Waals surface area contributed by atoms with Crippen LogP contribution >= 0.6 is 0 Å². The van der Waals surface area contributed by atoms with Crippen LogP contribution in [0.1, 0.15) is 11.3 Å². The summed E-state index contributed by atoms with van der Waals surface area (Å²) in [6, 6.07) is 3.50. The summed E-state index contributed by atoms with van der Waals surface area (Å²) in [6.45, 7) is 0.0187. The number of carbonyl (C=O) groups is 1. The van der Waals surface area contributed by atoms with Crippen LogP contribution in [0.25, 0.3) is 0 Å². The molecule has 1 aromatic rings. The number of pyridine rings is 1. The van der Waals surface area contributed by atoms with E-state index in [2.05, 4.69) is 4.98 Å². The third-order valence-electron chi connectivity index (χ3n) is 2.93. The summed E-state index contributed by atoms with van der Waals surface area (Å²) in [6.07, 6.45) is -5.80. The van der Waals surface area contributed by atoms with Crippen molar-refractivity contribution in [1.29, 1.82) is 5.26 Å². The molecule has 0 saturated carbocycles. The average Bonchev–Trinajstić information content (AvgIpc) is 2.45. The number of nitrogens with zero attached hydrogens (tertiary/aromatic N) is 3. The number of carboxylic acid groups (broad SMARTS) is 1. The molecule has 21 heavy (non-hydrogen) atoms. The topological polar surface area (TPSA) is 86.5 Å². The SMILES string of the molecule is N#Cc1ccc(C(F)(F)F)nc1N1CCOC(C(=O)O)C1. The van der Waals surface area contributed by atoms with Gasteiger partial charge >= 0.3 is 12.1 Å². The Morgan fingerprint density at radius 2 is 2.24 bits per heavy atom. The normalized spacial score (nSPS) is 19.1. The molecule has 1 unspecified atom stereocenters. The van der Waals surface area contributed by atoms with E-state index in [-0.39, 0.29) is 31.1 Å². The second-order valence-electron chi connectivity index (χ2n) is 4.32. The van der Waals surface area contributed by atoms with Crippen molar-refractivity contribution < 1.29 is 27.8 Å². The summed E-state index contributed by atoms with van der Waals surface area (Å²) in [5.41, 5.74) is -1.18. The fourth-order valence-electron chi connectivity index (χ4n) is 1.93. The van der Waals surface area contributed by atoms with Crippen molar-refractivity contribution in [3.05, 3.63) is 23.4 Å². The van der Waals surface area contributed by atoms with Crippen molar-refractivity contribution in [3.63, 3.8) is 0 Å². The summed E-state index contributed by atoms with van der Waals surface area (Å²) in [5, 5.41) is 17.9. The zero-order valence-corrected chi connectivity index (χ0v) is 10.6.